The predicted molar refractivity (Wildman–Crippen MR) is 119 cm³/mol. The van der Waals surface area contributed by atoms with Crippen molar-refractivity contribution in [2.75, 3.05) is 0 Å². The highest BCUT2D eigenvalue weighted by Crippen LogP contribution is 2.12. The second-order valence-corrected chi connectivity index (χ2v) is 8.91. The standard InChI is InChI=1S/C21H39N5O6/c1-7-12(6)17(26-18(28)13(22)9-15(23)27)20(30)25-16(11(4)5)19(29)24-14(21(31)32)8-10(2)3/h10-14,16-17H,7-9,22H2,1-6H3,(H2,23,27)(H,24,29)(H,25,30)(H,26,28)(H,31,32). The van der Waals surface area contributed by atoms with Crippen molar-refractivity contribution in [3.63, 3.8) is 0 Å². The SMILES string of the molecule is CCC(C)C(NC(=O)C(N)CC(N)=O)C(=O)NC(C(=O)NC(CC(C)C)C(=O)O)C(C)C. The lowest BCUT2D eigenvalue weighted by atomic mass is 9.95. The van der Waals surface area contributed by atoms with E-state index in [0.29, 0.717) is 6.42 Å². The Hall–Kier alpha value is -2.69. The minimum Gasteiger partial charge on any atom is -0.480 e. The predicted octanol–water partition coefficient (Wildman–Crippen LogP) is -0.524. The van der Waals surface area contributed by atoms with Crippen LogP contribution >= 0.6 is 0 Å². The lowest BCUT2D eigenvalue weighted by Crippen LogP contribution is -2.60. The molecule has 0 bridgehead atoms. The molecule has 4 amide bonds. The molecule has 8 N–H and O–H groups in total. The van der Waals surface area contributed by atoms with E-state index in [9.17, 15) is 29.1 Å². The van der Waals surface area contributed by atoms with Crippen LogP contribution in [0, 0.1) is 17.8 Å². The lowest BCUT2D eigenvalue weighted by Gasteiger charge is -2.29. The molecule has 5 atom stereocenters. The van der Waals surface area contributed by atoms with Gasteiger partial charge in [0.15, 0.2) is 0 Å². The van der Waals surface area contributed by atoms with Crippen LogP contribution in [0.4, 0.5) is 0 Å². The van der Waals surface area contributed by atoms with Gasteiger partial charge in [-0.25, -0.2) is 4.79 Å². The second kappa shape index (κ2) is 13.7. The minimum atomic E-state index is -1.21. The topological polar surface area (TPSA) is 194 Å². The van der Waals surface area contributed by atoms with Crippen LogP contribution < -0.4 is 27.4 Å². The zero-order chi connectivity index (χ0) is 25.2. The van der Waals surface area contributed by atoms with Gasteiger partial charge < -0.3 is 32.5 Å². The van der Waals surface area contributed by atoms with Crippen LogP contribution in [0.2, 0.25) is 0 Å². The molecule has 0 saturated heterocycles. The van der Waals surface area contributed by atoms with Gasteiger partial charge in [-0.15, -0.1) is 0 Å². The summed E-state index contributed by atoms with van der Waals surface area (Å²) >= 11 is 0. The van der Waals surface area contributed by atoms with Crippen molar-refractivity contribution in [1.82, 2.24) is 16.0 Å². The highest BCUT2D eigenvalue weighted by molar-refractivity contribution is 5.95. The molecule has 0 aliphatic rings. The van der Waals surface area contributed by atoms with E-state index >= 15 is 0 Å². The zero-order valence-corrected chi connectivity index (χ0v) is 19.8. The maximum absolute atomic E-state index is 13.0. The Labute approximate surface area is 189 Å². The van der Waals surface area contributed by atoms with Gasteiger partial charge in [-0.2, -0.15) is 0 Å². The summed E-state index contributed by atoms with van der Waals surface area (Å²) in [6.07, 6.45) is 0.407. The Morgan fingerprint density at radius 1 is 0.844 bits per heavy atom. The van der Waals surface area contributed by atoms with Gasteiger partial charge >= 0.3 is 5.97 Å². The van der Waals surface area contributed by atoms with Gasteiger partial charge in [0, 0.05) is 0 Å². The molecule has 0 rings (SSSR count). The molecule has 0 spiro atoms. The first-order valence-corrected chi connectivity index (χ1v) is 10.9. The molecule has 32 heavy (non-hydrogen) atoms. The summed E-state index contributed by atoms with van der Waals surface area (Å²) in [5, 5.41) is 17.0. The Morgan fingerprint density at radius 2 is 1.34 bits per heavy atom. The van der Waals surface area contributed by atoms with Crippen molar-refractivity contribution in [2.24, 2.45) is 29.2 Å². The number of primary amides is 1. The molecule has 11 nitrogen and oxygen atoms in total. The summed E-state index contributed by atoms with van der Waals surface area (Å²) in [6.45, 7) is 10.7. The van der Waals surface area contributed by atoms with Crippen LogP contribution in [0.25, 0.3) is 0 Å². The number of aliphatic carboxylic acids is 1. The Bertz CT molecular complexity index is 682. The van der Waals surface area contributed by atoms with Crippen LogP contribution in [0.3, 0.4) is 0 Å². The zero-order valence-electron chi connectivity index (χ0n) is 19.8. The molecule has 0 heterocycles. The summed E-state index contributed by atoms with van der Waals surface area (Å²) in [5.74, 6) is -4.46. The number of carbonyl (C=O) groups excluding carboxylic acids is 4. The number of hydrogen-bond acceptors (Lipinski definition) is 6. The number of nitrogens with one attached hydrogen (secondary N) is 3. The normalized spacial score (nSPS) is 15.9. The van der Waals surface area contributed by atoms with Crippen molar-refractivity contribution >= 4 is 29.6 Å². The monoisotopic (exact) mass is 457 g/mol. The van der Waals surface area contributed by atoms with E-state index in [1.54, 1.807) is 20.8 Å². The van der Waals surface area contributed by atoms with Crippen molar-refractivity contribution in [3.8, 4) is 0 Å². The molecule has 0 aromatic heterocycles. The van der Waals surface area contributed by atoms with Gasteiger partial charge in [0.25, 0.3) is 0 Å². The molecule has 5 unspecified atom stereocenters. The molecule has 0 aliphatic carbocycles. The van der Waals surface area contributed by atoms with Crippen molar-refractivity contribution in [1.29, 1.82) is 0 Å². The van der Waals surface area contributed by atoms with Crippen LogP contribution in [0.5, 0.6) is 0 Å². The molecule has 0 aromatic carbocycles. The van der Waals surface area contributed by atoms with Crippen molar-refractivity contribution in [2.45, 2.75) is 85.0 Å². The fourth-order valence-electron chi connectivity index (χ4n) is 3.00. The van der Waals surface area contributed by atoms with E-state index in [2.05, 4.69) is 16.0 Å². The average Bonchev–Trinajstić information content (AvgIpc) is 2.67. The molecule has 0 aromatic rings. The maximum Gasteiger partial charge on any atom is 0.326 e. The number of carboxylic acids is 1. The van der Waals surface area contributed by atoms with Gasteiger partial charge in [-0.05, 0) is 24.2 Å². The molecular weight excluding hydrogens is 418 g/mol. The molecule has 11 heteroatoms. The van der Waals surface area contributed by atoms with E-state index in [4.69, 9.17) is 11.5 Å². The summed E-state index contributed by atoms with van der Waals surface area (Å²) in [7, 11) is 0. The largest absolute Gasteiger partial charge is 0.480 e. The quantitative estimate of drug-likeness (QED) is 0.202. The first-order valence-electron chi connectivity index (χ1n) is 10.9. The number of rotatable bonds is 14. The van der Waals surface area contributed by atoms with Gasteiger partial charge in [0.2, 0.25) is 23.6 Å². The van der Waals surface area contributed by atoms with Crippen LogP contribution in [0.1, 0.15) is 60.8 Å². The van der Waals surface area contributed by atoms with Crippen LogP contribution in [-0.2, 0) is 24.0 Å². The molecule has 0 aliphatic heterocycles. The third-order valence-corrected chi connectivity index (χ3v) is 5.12. The van der Waals surface area contributed by atoms with E-state index in [0.717, 1.165) is 0 Å². The first-order chi connectivity index (χ1) is 14.7. The van der Waals surface area contributed by atoms with Gasteiger partial charge in [-0.1, -0.05) is 48.0 Å². The van der Waals surface area contributed by atoms with E-state index in [1.807, 2.05) is 20.8 Å². The highest BCUT2D eigenvalue weighted by Gasteiger charge is 2.33. The van der Waals surface area contributed by atoms with Gasteiger partial charge in [-0.3, -0.25) is 19.2 Å². The number of amides is 4. The molecule has 0 radical (unpaired) electrons. The van der Waals surface area contributed by atoms with E-state index in [1.165, 1.54) is 0 Å². The Morgan fingerprint density at radius 3 is 1.75 bits per heavy atom. The highest BCUT2D eigenvalue weighted by atomic mass is 16.4. The summed E-state index contributed by atoms with van der Waals surface area (Å²) < 4.78 is 0. The molecule has 184 valence electrons. The smallest absolute Gasteiger partial charge is 0.326 e. The Balaban J connectivity index is 5.49. The molecular formula is C21H39N5O6. The number of nitrogens with two attached hydrogens (primary N) is 2. The molecule has 0 saturated carbocycles. The summed E-state index contributed by atoms with van der Waals surface area (Å²) in [5.41, 5.74) is 10.7. The third kappa shape index (κ3) is 10.1. The van der Waals surface area contributed by atoms with Crippen molar-refractivity contribution < 1.29 is 29.1 Å². The molecule has 0 fully saturated rings. The number of hydrogen-bond donors (Lipinski definition) is 6. The van der Waals surface area contributed by atoms with Crippen molar-refractivity contribution in [3.05, 3.63) is 0 Å². The van der Waals surface area contributed by atoms with E-state index < -0.39 is 53.8 Å². The fourth-order valence-corrected chi connectivity index (χ4v) is 3.00. The number of carbonyl (C=O) groups is 5. The first kappa shape index (κ1) is 29.3. The summed E-state index contributed by atoms with van der Waals surface area (Å²) in [4.78, 5) is 60.6. The maximum atomic E-state index is 13.0. The summed E-state index contributed by atoms with van der Waals surface area (Å²) in [6, 6.07) is -4.31. The average molecular weight is 458 g/mol. The number of carboxylic acid groups (broad SMARTS) is 1. The second-order valence-electron chi connectivity index (χ2n) is 8.91. The Kier molecular flexibility index (Phi) is 12.5. The van der Waals surface area contributed by atoms with Gasteiger partial charge in [0.05, 0.1) is 12.5 Å². The van der Waals surface area contributed by atoms with Crippen LogP contribution in [-0.4, -0.2) is 58.9 Å². The van der Waals surface area contributed by atoms with E-state index in [-0.39, 0.29) is 30.6 Å². The minimum absolute atomic E-state index is 0.0399. The fraction of sp³-hybridized carbons (Fsp3) is 0.762. The van der Waals surface area contributed by atoms with Gasteiger partial charge in [0.1, 0.15) is 18.1 Å². The lowest BCUT2D eigenvalue weighted by molar-refractivity contribution is -0.143. The van der Waals surface area contributed by atoms with Crippen LogP contribution in [0.15, 0.2) is 0 Å². The third-order valence-electron chi connectivity index (χ3n) is 5.12.